The SMILES string of the molecule is Cc1ccc(C(C(=O)Nc2c(C)cccc2Cl)N(C(=O)C(Cc2ccccc2)NC(=O)OC(C)(C)C)C2CCC2)cc1. The minimum absolute atomic E-state index is 0.166. The summed E-state index contributed by atoms with van der Waals surface area (Å²) in [6.07, 6.45) is 2.03. The molecule has 0 aliphatic heterocycles. The number of carbonyl (C=O) groups is 3. The van der Waals surface area contributed by atoms with Crippen molar-refractivity contribution in [1.29, 1.82) is 0 Å². The molecule has 8 heteroatoms. The Hall–Kier alpha value is -3.84. The van der Waals surface area contributed by atoms with Crippen LogP contribution in [0.15, 0.2) is 72.8 Å². The second kappa shape index (κ2) is 13.4. The Kier molecular flexibility index (Phi) is 9.94. The number of hydrogen-bond donors (Lipinski definition) is 2. The number of amides is 3. The Morgan fingerprint density at radius 3 is 2.19 bits per heavy atom. The predicted molar refractivity (Wildman–Crippen MR) is 167 cm³/mol. The first-order valence-corrected chi connectivity index (χ1v) is 14.8. The topological polar surface area (TPSA) is 87.7 Å². The normalized spacial score (nSPS) is 14.7. The van der Waals surface area contributed by atoms with Crippen molar-refractivity contribution in [2.24, 2.45) is 0 Å². The third-order valence-electron chi connectivity index (χ3n) is 7.38. The van der Waals surface area contributed by atoms with Crippen LogP contribution in [0.2, 0.25) is 5.02 Å². The molecular formula is C34H40ClN3O4. The van der Waals surface area contributed by atoms with Gasteiger partial charge in [0.1, 0.15) is 17.7 Å². The fraction of sp³-hybridized carbons (Fsp3) is 0.382. The Morgan fingerprint density at radius 1 is 0.952 bits per heavy atom. The average Bonchev–Trinajstić information content (AvgIpc) is 2.89. The van der Waals surface area contributed by atoms with E-state index in [4.69, 9.17) is 16.3 Å². The summed E-state index contributed by atoms with van der Waals surface area (Å²) in [4.78, 5) is 43.4. The first-order chi connectivity index (χ1) is 19.9. The van der Waals surface area contributed by atoms with E-state index in [9.17, 15) is 14.4 Å². The van der Waals surface area contributed by atoms with Gasteiger partial charge in [-0.25, -0.2) is 4.79 Å². The van der Waals surface area contributed by atoms with Gasteiger partial charge in [0, 0.05) is 12.5 Å². The molecule has 2 unspecified atom stereocenters. The molecule has 1 aliphatic carbocycles. The summed E-state index contributed by atoms with van der Waals surface area (Å²) in [5.41, 5.74) is 3.18. The molecule has 0 spiro atoms. The van der Waals surface area contributed by atoms with Gasteiger partial charge in [-0.05, 0) is 76.6 Å². The standard InChI is InChI=1S/C34H40ClN3O4/c1-22-17-19-25(20-18-22)30(31(39)37-29-23(2)11-9-16-27(29)35)38(26-14-10-15-26)32(40)28(21-24-12-7-6-8-13-24)36-33(41)42-34(3,4)5/h6-9,11-13,16-20,26,28,30H,10,14-15,21H2,1-5H3,(H,36,41)(H,37,39). The fourth-order valence-corrected chi connectivity index (χ4v) is 5.30. The maximum atomic E-state index is 14.6. The molecule has 42 heavy (non-hydrogen) atoms. The lowest BCUT2D eigenvalue weighted by Gasteiger charge is -2.43. The highest BCUT2D eigenvalue weighted by Gasteiger charge is 2.42. The second-order valence-electron chi connectivity index (χ2n) is 12.0. The van der Waals surface area contributed by atoms with Gasteiger partial charge in [-0.15, -0.1) is 0 Å². The van der Waals surface area contributed by atoms with Crippen molar-refractivity contribution in [3.63, 3.8) is 0 Å². The first-order valence-electron chi connectivity index (χ1n) is 14.4. The van der Waals surface area contributed by atoms with Gasteiger partial charge >= 0.3 is 6.09 Å². The largest absolute Gasteiger partial charge is 0.444 e. The number of anilines is 1. The Labute approximate surface area is 253 Å². The molecule has 0 aromatic heterocycles. The summed E-state index contributed by atoms with van der Waals surface area (Å²) in [5, 5.41) is 6.25. The lowest BCUT2D eigenvalue weighted by atomic mass is 9.87. The predicted octanol–water partition coefficient (Wildman–Crippen LogP) is 7.15. The van der Waals surface area contributed by atoms with Crippen molar-refractivity contribution < 1.29 is 19.1 Å². The summed E-state index contributed by atoms with van der Waals surface area (Å²) in [6.45, 7) is 9.17. The van der Waals surface area contributed by atoms with Crippen molar-refractivity contribution in [1.82, 2.24) is 10.2 Å². The lowest BCUT2D eigenvalue weighted by molar-refractivity contribution is -0.145. The number of ether oxygens (including phenoxy) is 1. The molecule has 0 radical (unpaired) electrons. The van der Waals surface area contributed by atoms with E-state index in [0.29, 0.717) is 16.3 Å². The van der Waals surface area contributed by atoms with Crippen LogP contribution < -0.4 is 10.6 Å². The number of carbonyl (C=O) groups excluding carboxylic acids is 3. The van der Waals surface area contributed by atoms with Crippen LogP contribution in [0.3, 0.4) is 0 Å². The number of alkyl carbamates (subject to hydrolysis) is 1. The molecule has 2 N–H and O–H groups in total. The summed E-state index contributed by atoms with van der Waals surface area (Å²) in [7, 11) is 0. The monoisotopic (exact) mass is 589 g/mol. The average molecular weight is 590 g/mol. The first kappa shape index (κ1) is 31.1. The summed E-state index contributed by atoms with van der Waals surface area (Å²) in [6, 6.07) is 20.5. The van der Waals surface area contributed by atoms with Crippen LogP contribution in [0.25, 0.3) is 0 Å². The fourth-order valence-electron chi connectivity index (χ4n) is 5.03. The number of rotatable bonds is 9. The van der Waals surface area contributed by atoms with Crippen LogP contribution in [0.1, 0.15) is 68.3 Å². The minimum atomic E-state index is -0.953. The zero-order chi connectivity index (χ0) is 30.4. The molecule has 0 heterocycles. The molecule has 1 aliphatic rings. The van der Waals surface area contributed by atoms with Gasteiger partial charge < -0.3 is 20.3 Å². The molecule has 7 nitrogen and oxygen atoms in total. The van der Waals surface area contributed by atoms with E-state index < -0.39 is 23.8 Å². The highest BCUT2D eigenvalue weighted by Crippen LogP contribution is 2.36. The molecule has 3 amide bonds. The van der Waals surface area contributed by atoms with E-state index >= 15 is 0 Å². The zero-order valence-corrected chi connectivity index (χ0v) is 25.7. The van der Waals surface area contributed by atoms with Gasteiger partial charge in [-0.3, -0.25) is 9.59 Å². The highest BCUT2D eigenvalue weighted by atomic mass is 35.5. The van der Waals surface area contributed by atoms with E-state index in [1.54, 1.807) is 31.7 Å². The van der Waals surface area contributed by atoms with Crippen LogP contribution >= 0.6 is 11.6 Å². The molecule has 1 fully saturated rings. The number of para-hydroxylation sites is 1. The van der Waals surface area contributed by atoms with Crippen molar-refractivity contribution in [2.45, 2.75) is 84.0 Å². The lowest BCUT2D eigenvalue weighted by Crippen LogP contribution is -2.57. The molecule has 4 rings (SSSR count). The third-order valence-corrected chi connectivity index (χ3v) is 7.70. The van der Waals surface area contributed by atoms with Crippen molar-refractivity contribution in [2.75, 3.05) is 5.32 Å². The Bertz CT molecular complexity index is 1380. The number of halogens is 1. The number of nitrogens with one attached hydrogen (secondary N) is 2. The number of nitrogens with zero attached hydrogens (tertiary/aromatic N) is 1. The highest BCUT2D eigenvalue weighted by molar-refractivity contribution is 6.34. The summed E-state index contributed by atoms with van der Waals surface area (Å²) in [5.74, 6) is -0.711. The van der Waals surface area contributed by atoms with Crippen LogP contribution in [0.4, 0.5) is 10.5 Å². The third kappa shape index (κ3) is 7.91. The van der Waals surface area contributed by atoms with Crippen LogP contribution in [0.5, 0.6) is 0 Å². The van der Waals surface area contributed by atoms with Gasteiger partial charge in [0.25, 0.3) is 5.91 Å². The molecule has 0 saturated heterocycles. The summed E-state index contributed by atoms with van der Waals surface area (Å²) < 4.78 is 5.53. The summed E-state index contributed by atoms with van der Waals surface area (Å²) >= 11 is 6.48. The van der Waals surface area contributed by atoms with E-state index in [1.165, 1.54) is 0 Å². The molecule has 222 valence electrons. The van der Waals surface area contributed by atoms with Crippen molar-refractivity contribution in [3.05, 3.63) is 100 Å². The van der Waals surface area contributed by atoms with Gasteiger partial charge in [0.05, 0.1) is 10.7 Å². The van der Waals surface area contributed by atoms with Crippen LogP contribution in [0, 0.1) is 13.8 Å². The minimum Gasteiger partial charge on any atom is -0.444 e. The maximum Gasteiger partial charge on any atom is 0.408 e. The van der Waals surface area contributed by atoms with E-state index in [2.05, 4.69) is 10.6 Å². The van der Waals surface area contributed by atoms with Crippen LogP contribution in [-0.4, -0.2) is 40.5 Å². The number of hydrogen-bond acceptors (Lipinski definition) is 4. The van der Waals surface area contributed by atoms with Gasteiger partial charge in [0.2, 0.25) is 5.91 Å². The van der Waals surface area contributed by atoms with Crippen molar-refractivity contribution in [3.8, 4) is 0 Å². The molecule has 2 atom stereocenters. The Balaban J connectivity index is 1.76. The van der Waals surface area contributed by atoms with Crippen LogP contribution in [-0.2, 0) is 20.7 Å². The van der Waals surface area contributed by atoms with E-state index in [1.807, 2.05) is 80.6 Å². The van der Waals surface area contributed by atoms with Gasteiger partial charge in [-0.1, -0.05) is 83.9 Å². The Morgan fingerprint density at radius 2 is 1.62 bits per heavy atom. The van der Waals surface area contributed by atoms with Crippen molar-refractivity contribution >= 4 is 35.2 Å². The molecule has 3 aromatic carbocycles. The quantitative estimate of drug-likeness (QED) is 0.277. The number of benzene rings is 3. The molecule has 3 aromatic rings. The molecule has 1 saturated carbocycles. The zero-order valence-electron chi connectivity index (χ0n) is 24.9. The maximum absolute atomic E-state index is 14.6. The van der Waals surface area contributed by atoms with E-state index in [-0.39, 0.29) is 24.3 Å². The van der Waals surface area contributed by atoms with Gasteiger partial charge in [-0.2, -0.15) is 0 Å². The number of aryl methyl sites for hydroxylation is 2. The second-order valence-corrected chi connectivity index (χ2v) is 12.4. The van der Waals surface area contributed by atoms with E-state index in [0.717, 1.165) is 36.0 Å². The molecular weight excluding hydrogens is 550 g/mol. The smallest absolute Gasteiger partial charge is 0.408 e. The molecule has 0 bridgehead atoms. The van der Waals surface area contributed by atoms with Gasteiger partial charge in [0.15, 0.2) is 0 Å².